The second-order valence-corrected chi connectivity index (χ2v) is 5.16. The summed E-state index contributed by atoms with van der Waals surface area (Å²) < 4.78 is 0. The van der Waals surface area contributed by atoms with Crippen LogP contribution in [0.3, 0.4) is 0 Å². The van der Waals surface area contributed by atoms with Crippen LogP contribution in [0.4, 0.5) is 0 Å². The average molecular weight is 235 g/mol. The van der Waals surface area contributed by atoms with E-state index in [4.69, 9.17) is 5.73 Å². The second kappa shape index (κ2) is 6.18. The molecule has 0 aliphatic heterocycles. The highest BCUT2D eigenvalue weighted by atomic mass is 16.3. The number of aliphatic hydroxyl groups is 1. The topological polar surface area (TPSA) is 46.2 Å². The molecule has 0 saturated carbocycles. The van der Waals surface area contributed by atoms with Gasteiger partial charge in [0.15, 0.2) is 0 Å². The van der Waals surface area contributed by atoms with Gasteiger partial charge in [-0.05, 0) is 43.4 Å². The number of aliphatic hydroxyl groups excluding tert-OH is 1. The number of nitrogens with two attached hydrogens (primary N) is 1. The molecule has 1 unspecified atom stereocenters. The fourth-order valence-electron chi connectivity index (χ4n) is 2.50. The van der Waals surface area contributed by atoms with Crippen LogP contribution in [0.1, 0.15) is 36.5 Å². The van der Waals surface area contributed by atoms with E-state index in [9.17, 15) is 5.11 Å². The van der Waals surface area contributed by atoms with Crippen LogP contribution in [-0.4, -0.2) is 18.3 Å². The molecule has 0 spiro atoms. The highest BCUT2D eigenvalue weighted by Crippen LogP contribution is 2.30. The predicted octanol–water partition coefficient (Wildman–Crippen LogP) is 2.58. The molecule has 2 heteroatoms. The number of hydrogen-bond donors (Lipinski definition) is 2. The zero-order chi connectivity index (χ0) is 12.9. The number of rotatable bonds is 6. The van der Waals surface area contributed by atoms with Gasteiger partial charge in [-0.1, -0.05) is 31.5 Å². The lowest BCUT2D eigenvalue weighted by Gasteiger charge is -2.31. The molecular weight excluding hydrogens is 210 g/mol. The van der Waals surface area contributed by atoms with Gasteiger partial charge in [-0.15, -0.1) is 0 Å². The van der Waals surface area contributed by atoms with Crippen molar-refractivity contribution in [2.24, 2.45) is 11.1 Å². The van der Waals surface area contributed by atoms with Crippen molar-refractivity contribution in [2.45, 2.75) is 40.0 Å². The largest absolute Gasteiger partial charge is 0.396 e. The Kier molecular flexibility index (Phi) is 5.16. The Morgan fingerprint density at radius 1 is 1.24 bits per heavy atom. The summed E-state index contributed by atoms with van der Waals surface area (Å²) in [6.07, 6.45) is 2.92. The summed E-state index contributed by atoms with van der Waals surface area (Å²) in [4.78, 5) is 0. The molecule has 1 atom stereocenters. The molecule has 0 aliphatic rings. The second-order valence-electron chi connectivity index (χ2n) is 5.16. The van der Waals surface area contributed by atoms with E-state index in [0.29, 0.717) is 6.54 Å². The van der Waals surface area contributed by atoms with Crippen molar-refractivity contribution in [3.05, 3.63) is 34.9 Å². The summed E-state index contributed by atoms with van der Waals surface area (Å²) in [5.41, 5.74) is 9.69. The Morgan fingerprint density at radius 3 is 2.24 bits per heavy atom. The van der Waals surface area contributed by atoms with Crippen molar-refractivity contribution in [2.75, 3.05) is 13.2 Å². The lowest BCUT2D eigenvalue weighted by atomic mass is 9.77. The maximum absolute atomic E-state index is 9.67. The van der Waals surface area contributed by atoms with E-state index in [1.54, 1.807) is 0 Å². The minimum atomic E-state index is -0.147. The van der Waals surface area contributed by atoms with Crippen LogP contribution in [0.25, 0.3) is 0 Å². The molecule has 2 nitrogen and oxygen atoms in total. The third-order valence-corrected chi connectivity index (χ3v) is 3.74. The highest BCUT2D eigenvalue weighted by molar-refractivity contribution is 5.34. The van der Waals surface area contributed by atoms with E-state index in [-0.39, 0.29) is 12.0 Å². The zero-order valence-corrected chi connectivity index (χ0v) is 11.3. The Morgan fingerprint density at radius 2 is 1.82 bits per heavy atom. The molecular formula is C15H25NO. The number of benzene rings is 1. The summed E-state index contributed by atoms with van der Waals surface area (Å²) in [5, 5.41) is 9.67. The van der Waals surface area contributed by atoms with Crippen molar-refractivity contribution in [3.8, 4) is 0 Å². The minimum Gasteiger partial charge on any atom is -0.396 e. The van der Waals surface area contributed by atoms with Gasteiger partial charge in [-0.3, -0.25) is 0 Å². The monoisotopic (exact) mass is 235 g/mol. The van der Waals surface area contributed by atoms with Crippen LogP contribution < -0.4 is 5.73 Å². The van der Waals surface area contributed by atoms with Crippen molar-refractivity contribution in [3.63, 3.8) is 0 Å². The van der Waals surface area contributed by atoms with Gasteiger partial charge in [0.2, 0.25) is 0 Å². The molecule has 0 saturated heterocycles. The molecule has 1 aromatic carbocycles. The predicted molar refractivity (Wildman–Crippen MR) is 73.1 cm³/mol. The molecule has 1 aromatic rings. The lowest BCUT2D eigenvalue weighted by Crippen LogP contribution is -2.36. The fraction of sp³-hybridized carbons (Fsp3) is 0.600. The Hall–Kier alpha value is -0.860. The van der Waals surface area contributed by atoms with Gasteiger partial charge in [0.25, 0.3) is 0 Å². The van der Waals surface area contributed by atoms with Gasteiger partial charge in [-0.25, -0.2) is 0 Å². The summed E-state index contributed by atoms with van der Waals surface area (Å²) in [7, 11) is 0. The quantitative estimate of drug-likeness (QED) is 0.796. The normalized spacial score (nSPS) is 14.6. The number of hydrogen-bond acceptors (Lipinski definition) is 2. The van der Waals surface area contributed by atoms with Gasteiger partial charge in [0, 0.05) is 12.0 Å². The summed E-state index contributed by atoms with van der Waals surface area (Å²) in [6.45, 7) is 7.13. The maximum Gasteiger partial charge on any atom is 0.0502 e. The Bertz CT molecular complexity index is 336. The fourth-order valence-corrected chi connectivity index (χ4v) is 2.50. The van der Waals surface area contributed by atoms with Crippen LogP contribution in [-0.2, 0) is 6.42 Å². The highest BCUT2D eigenvalue weighted by Gasteiger charge is 2.28. The first-order valence-corrected chi connectivity index (χ1v) is 6.44. The van der Waals surface area contributed by atoms with E-state index in [1.807, 2.05) is 0 Å². The summed E-state index contributed by atoms with van der Waals surface area (Å²) >= 11 is 0. The molecule has 17 heavy (non-hydrogen) atoms. The van der Waals surface area contributed by atoms with Crippen LogP contribution in [0.5, 0.6) is 0 Å². The SMILES string of the molecule is CCCC(CN)(CO)Cc1c(C)cccc1C. The maximum atomic E-state index is 9.67. The van der Waals surface area contributed by atoms with Gasteiger partial charge in [0.1, 0.15) is 0 Å². The molecule has 0 fully saturated rings. The third kappa shape index (κ3) is 3.30. The first kappa shape index (κ1) is 14.2. The van der Waals surface area contributed by atoms with Gasteiger partial charge < -0.3 is 10.8 Å². The molecule has 3 N–H and O–H groups in total. The van der Waals surface area contributed by atoms with Crippen molar-refractivity contribution in [1.29, 1.82) is 0 Å². The third-order valence-electron chi connectivity index (χ3n) is 3.74. The lowest BCUT2D eigenvalue weighted by molar-refractivity contribution is 0.120. The van der Waals surface area contributed by atoms with Gasteiger partial charge >= 0.3 is 0 Å². The van der Waals surface area contributed by atoms with E-state index < -0.39 is 0 Å². The van der Waals surface area contributed by atoms with Crippen LogP contribution >= 0.6 is 0 Å². The molecule has 0 bridgehead atoms. The first-order valence-electron chi connectivity index (χ1n) is 6.44. The number of aryl methyl sites for hydroxylation is 2. The Balaban J connectivity index is 3.01. The van der Waals surface area contributed by atoms with Crippen molar-refractivity contribution >= 4 is 0 Å². The van der Waals surface area contributed by atoms with E-state index in [1.165, 1.54) is 16.7 Å². The van der Waals surface area contributed by atoms with Crippen molar-refractivity contribution < 1.29 is 5.11 Å². The van der Waals surface area contributed by atoms with Crippen LogP contribution in [0.15, 0.2) is 18.2 Å². The molecule has 0 heterocycles. The van der Waals surface area contributed by atoms with Gasteiger partial charge in [-0.2, -0.15) is 0 Å². The smallest absolute Gasteiger partial charge is 0.0502 e. The molecule has 0 aliphatic carbocycles. The van der Waals surface area contributed by atoms with E-state index in [0.717, 1.165) is 19.3 Å². The molecule has 0 radical (unpaired) electrons. The zero-order valence-electron chi connectivity index (χ0n) is 11.3. The standard InChI is InChI=1S/C15H25NO/c1-4-8-15(10-16,11-17)9-14-12(2)6-5-7-13(14)3/h5-7,17H,4,8-11,16H2,1-3H3. The average Bonchev–Trinajstić information content (AvgIpc) is 2.33. The first-order chi connectivity index (χ1) is 8.08. The van der Waals surface area contributed by atoms with Gasteiger partial charge in [0.05, 0.1) is 6.61 Å². The molecule has 0 amide bonds. The van der Waals surface area contributed by atoms with E-state index >= 15 is 0 Å². The minimum absolute atomic E-state index is 0.147. The van der Waals surface area contributed by atoms with Crippen molar-refractivity contribution in [1.82, 2.24) is 0 Å². The summed E-state index contributed by atoms with van der Waals surface area (Å²) in [5.74, 6) is 0. The van der Waals surface area contributed by atoms with Crippen LogP contribution in [0.2, 0.25) is 0 Å². The van der Waals surface area contributed by atoms with E-state index in [2.05, 4.69) is 39.0 Å². The molecule has 96 valence electrons. The summed E-state index contributed by atoms with van der Waals surface area (Å²) in [6, 6.07) is 6.34. The molecule has 1 rings (SSSR count). The molecule has 0 aromatic heterocycles. The van der Waals surface area contributed by atoms with Crippen LogP contribution in [0, 0.1) is 19.3 Å². The Labute approximate surface area is 105 Å².